The van der Waals surface area contributed by atoms with Gasteiger partial charge in [0.05, 0.1) is 28.3 Å². The number of rotatable bonds is 3. The summed E-state index contributed by atoms with van der Waals surface area (Å²) >= 11 is 18.6. The minimum atomic E-state index is -0.560. The number of halogens is 3. The van der Waals surface area contributed by atoms with Crippen LogP contribution in [0, 0.1) is 0 Å². The Kier molecular flexibility index (Phi) is 5.70. The Morgan fingerprint density at radius 3 is 2.36 bits per heavy atom. The molecular formula is C22H19Cl3N6O2. The second-order valence-corrected chi connectivity index (χ2v) is 9.16. The van der Waals surface area contributed by atoms with Crippen molar-refractivity contribution in [2.75, 3.05) is 23.0 Å². The maximum absolute atomic E-state index is 12.9. The Hall–Kier alpha value is -2.78. The van der Waals surface area contributed by atoms with Gasteiger partial charge in [-0.2, -0.15) is 9.78 Å². The van der Waals surface area contributed by atoms with Crippen molar-refractivity contribution in [3.8, 4) is 5.69 Å². The molecule has 1 aromatic heterocycles. The van der Waals surface area contributed by atoms with Gasteiger partial charge in [-0.1, -0.05) is 53.0 Å². The topological polar surface area (TPSA) is 82.5 Å². The van der Waals surface area contributed by atoms with Crippen molar-refractivity contribution >= 4 is 52.2 Å². The smallest absolute Gasteiger partial charge is 0.338 e. The summed E-state index contributed by atoms with van der Waals surface area (Å²) in [4.78, 5) is 27.5. The van der Waals surface area contributed by atoms with Crippen molar-refractivity contribution < 1.29 is 4.79 Å². The Morgan fingerprint density at radius 1 is 0.939 bits per heavy atom. The number of hydrazine groups is 1. The Morgan fingerprint density at radius 2 is 1.67 bits per heavy atom. The van der Waals surface area contributed by atoms with Crippen molar-refractivity contribution in [2.45, 2.75) is 18.5 Å². The summed E-state index contributed by atoms with van der Waals surface area (Å²) in [5, 5.41) is 9.69. The number of urea groups is 1. The predicted octanol–water partition coefficient (Wildman–Crippen LogP) is 4.22. The number of amides is 2. The molecule has 2 N–H and O–H groups in total. The number of para-hydroxylation sites is 1. The molecule has 8 nitrogen and oxygen atoms in total. The van der Waals surface area contributed by atoms with Gasteiger partial charge in [0, 0.05) is 31.0 Å². The molecule has 2 aromatic carbocycles. The monoisotopic (exact) mass is 504 g/mol. The first-order chi connectivity index (χ1) is 15.9. The molecule has 2 amide bonds. The van der Waals surface area contributed by atoms with Crippen LogP contribution in [0.2, 0.25) is 15.1 Å². The first-order valence-electron chi connectivity index (χ1n) is 10.3. The molecule has 2 aliphatic rings. The van der Waals surface area contributed by atoms with Gasteiger partial charge in [-0.3, -0.25) is 4.79 Å². The quantitative estimate of drug-likeness (QED) is 0.557. The Labute approximate surface area is 204 Å². The second kappa shape index (κ2) is 8.53. The van der Waals surface area contributed by atoms with Gasteiger partial charge in [0.15, 0.2) is 0 Å². The number of aromatic nitrogens is 2. The summed E-state index contributed by atoms with van der Waals surface area (Å²) in [6.07, 6.45) is 2.79. The molecule has 33 heavy (non-hydrogen) atoms. The van der Waals surface area contributed by atoms with Crippen molar-refractivity contribution in [3.63, 3.8) is 0 Å². The Balaban J connectivity index is 1.34. The predicted molar refractivity (Wildman–Crippen MR) is 130 cm³/mol. The first kappa shape index (κ1) is 22.0. The SMILES string of the molecule is O=C1NC2(CCN(c3cnn(-c4ccc(Cl)cc4Cl)c(=O)c3Cl)CC2)NN1c1ccccc1. The second-order valence-electron chi connectivity index (χ2n) is 7.94. The van der Waals surface area contributed by atoms with E-state index < -0.39 is 11.2 Å². The number of nitrogens with zero attached hydrogens (tertiary/aromatic N) is 4. The summed E-state index contributed by atoms with van der Waals surface area (Å²) in [5.74, 6) is 0. The van der Waals surface area contributed by atoms with Gasteiger partial charge in [-0.05, 0) is 30.3 Å². The van der Waals surface area contributed by atoms with E-state index in [9.17, 15) is 9.59 Å². The molecule has 5 rings (SSSR count). The normalized spacial score (nSPS) is 17.5. The van der Waals surface area contributed by atoms with Gasteiger partial charge in [0.1, 0.15) is 10.7 Å². The van der Waals surface area contributed by atoms with Crippen molar-refractivity contribution in [1.82, 2.24) is 20.5 Å². The maximum atomic E-state index is 12.9. The molecule has 3 heterocycles. The third-order valence-electron chi connectivity index (χ3n) is 5.89. The van der Waals surface area contributed by atoms with Crippen LogP contribution in [0.3, 0.4) is 0 Å². The van der Waals surface area contributed by atoms with Crippen LogP contribution >= 0.6 is 34.8 Å². The number of hydrogen-bond donors (Lipinski definition) is 2. The lowest BCUT2D eigenvalue weighted by molar-refractivity contribution is 0.235. The van der Waals surface area contributed by atoms with Crippen molar-refractivity contribution in [2.24, 2.45) is 0 Å². The number of anilines is 2. The van der Waals surface area contributed by atoms with E-state index in [1.807, 2.05) is 35.2 Å². The van der Waals surface area contributed by atoms with E-state index in [0.717, 1.165) is 10.4 Å². The molecule has 170 valence electrons. The van der Waals surface area contributed by atoms with E-state index >= 15 is 0 Å². The minimum absolute atomic E-state index is 0.0568. The molecule has 2 fully saturated rings. The van der Waals surface area contributed by atoms with E-state index in [0.29, 0.717) is 47.4 Å². The van der Waals surface area contributed by atoms with E-state index in [4.69, 9.17) is 34.8 Å². The highest BCUT2D eigenvalue weighted by atomic mass is 35.5. The lowest BCUT2D eigenvalue weighted by atomic mass is 9.98. The van der Waals surface area contributed by atoms with Gasteiger partial charge in [-0.25, -0.2) is 15.2 Å². The van der Waals surface area contributed by atoms with Crippen LogP contribution in [0.15, 0.2) is 59.5 Å². The lowest BCUT2D eigenvalue weighted by Crippen LogP contribution is -2.58. The number of benzene rings is 2. The average Bonchev–Trinajstić information content (AvgIpc) is 3.13. The first-order valence-corrected chi connectivity index (χ1v) is 11.4. The van der Waals surface area contributed by atoms with E-state index in [1.165, 1.54) is 5.01 Å². The number of carbonyl (C=O) groups is 1. The standard InChI is InChI=1S/C22H19Cl3N6O2/c23-14-6-7-17(16(24)12-14)31-20(32)19(25)18(13-26-31)29-10-8-22(9-11-29)27-21(33)30(28-22)15-4-2-1-3-5-15/h1-7,12-13,28H,8-11H2,(H,27,33). The van der Waals surface area contributed by atoms with Gasteiger partial charge in [-0.15, -0.1) is 0 Å². The van der Waals surface area contributed by atoms with Crippen LogP contribution in [-0.4, -0.2) is 34.6 Å². The zero-order valence-corrected chi connectivity index (χ0v) is 19.5. The summed E-state index contributed by atoms with van der Waals surface area (Å²) < 4.78 is 1.16. The molecular weight excluding hydrogens is 487 g/mol. The van der Waals surface area contributed by atoms with Crippen LogP contribution in [0.1, 0.15) is 12.8 Å². The van der Waals surface area contributed by atoms with Crippen molar-refractivity contribution in [1.29, 1.82) is 0 Å². The van der Waals surface area contributed by atoms with Crippen LogP contribution in [0.4, 0.5) is 16.2 Å². The molecule has 0 atom stereocenters. The van der Waals surface area contributed by atoms with Gasteiger partial charge in [0.2, 0.25) is 0 Å². The number of hydrogen-bond acceptors (Lipinski definition) is 5. The number of carbonyl (C=O) groups excluding carboxylic acids is 1. The molecule has 3 aromatic rings. The highest BCUT2D eigenvalue weighted by Crippen LogP contribution is 2.32. The van der Waals surface area contributed by atoms with E-state index in [1.54, 1.807) is 24.4 Å². The molecule has 0 saturated carbocycles. The highest BCUT2D eigenvalue weighted by Gasteiger charge is 2.45. The minimum Gasteiger partial charge on any atom is -0.369 e. The molecule has 0 bridgehead atoms. The van der Waals surface area contributed by atoms with Gasteiger partial charge in [0.25, 0.3) is 5.56 Å². The summed E-state index contributed by atoms with van der Waals surface area (Å²) in [6.45, 7) is 1.14. The molecule has 0 radical (unpaired) electrons. The third-order valence-corrected chi connectivity index (χ3v) is 6.78. The summed E-state index contributed by atoms with van der Waals surface area (Å²) in [6, 6.07) is 14.0. The van der Waals surface area contributed by atoms with E-state index in [2.05, 4.69) is 15.8 Å². The average molecular weight is 506 g/mol. The van der Waals surface area contributed by atoms with Gasteiger partial charge >= 0.3 is 6.03 Å². The Bertz CT molecular complexity index is 1270. The van der Waals surface area contributed by atoms with Crippen LogP contribution < -0.4 is 26.2 Å². The number of nitrogens with one attached hydrogen (secondary N) is 2. The fourth-order valence-corrected chi connectivity index (χ4v) is 4.88. The summed E-state index contributed by atoms with van der Waals surface area (Å²) in [7, 11) is 0. The highest BCUT2D eigenvalue weighted by molar-refractivity contribution is 6.36. The molecule has 2 aliphatic heterocycles. The fourth-order valence-electron chi connectivity index (χ4n) is 4.15. The fraction of sp³-hybridized carbons (Fsp3) is 0.227. The molecule has 11 heteroatoms. The van der Waals surface area contributed by atoms with E-state index in [-0.39, 0.29) is 11.1 Å². The largest absolute Gasteiger partial charge is 0.369 e. The van der Waals surface area contributed by atoms with Crippen LogP contribution in [-0.2, 0) is 0 Å². The molecule has 2 saturated heterocycles. The molecule has 1 spiro atoms. The summed E-state index contributed by atoms with van der Waals surface area (Å²) in [5.41, 5.74) is 4.00. The zero-order valence-electron chi connectivity index (χ0n) is 17.3. The third kappa shape index (κ3) is 4.04. The maximum Gasteiger partial charge on any atom is 0.338 e. The number of piperidine rings is 1. The molecule has 0 unspecified atom stereocenters. The molecule has 0 aliphatic carbocycles. The van der Waals surface area contributed by atoms with Crippen molar-refractivity contribution in [3.05, 3.63) is 80.1 Å². The van der Waals surface area contributed by atoms with Gasteiger partial charge < -0.3 is 10.2 Å². The lowest BCUT2D eigenvalue weighted by Gasteiger charge is -2.39. The van der Waals surface area contributed by atoms with Crippen LogP contribution in [0.25, 0.3) is 5.69 Å². The van der Waals surface area contributed by atoms with Crippen LogP contribution in [0.5, 0.6) is 0 Å². The zero-order chi connectivity index (χ0) is 23.2.